The van der Waals surface area contributed by atoms with E-state index in [2.05, 4.69) is 32.2 Å². The maximum absolute atomic E-state index is 9.83. The molecular formula is C21H18N4O. The van der Waals surface area contributed by atoms with Gasteiger partial charge in [-0.2, -0.15) is 5.10 Å². The number of hydrazone groups is 1. The van der Waals surface area contributed by atoms with Gasteiger partial charge >= 0.3 is 0 Å². The van der Waals surface area contributed by atoms with Gasteiger partial charge < -0.3 is 9.67 Å². The second-order valence-electron chi connectivity index (χ2n) is 5.92. The summed E-state index contributed by atoms with van der Waals surface area (Å²) >= 11 is 0. The Hall–Kier alpha value is -3.60. The molecule has 0 unspecified atom stereocenters. The number of benzene rings is 3. The Morgan fingerprint density at radius 3 is 2.50 bits per heavy atom. The monoisotopic (exact) mass is 342 g/mol. The van der Waals surface area contributed by atoms with Crippen LogP contribution in [-0.4, -0.2) is 20.9 Å². The molecule has 1 aromatic heterocycles. The summed E-state index contributed by atoms with van der Waals surface area (Å²) in [5, 5.41) is 14.1. The van der Waals surface area contributed by atoms with Gasteiger partial charge in [-0.15, -0.1) is 0 Å². The maximum atomic E-state index is 9.83. The van der Waals surface area contributed by atoms with E-state index in [9.17, 15) is 5.11 Å². The number of imidazole rings is 1. The van der Waals surface area contributed by atoms with Gasteiger partial charge in [-0.25, -0.2) is 10.4 Å². The first-order valence-electron chi connectivity index (χ1n) is 8.37. The number of nitrogens with zero attached hydrogens (tertiary/aromatic N) is 3. The summed E-state index contributed by atoms with van der Waals surface area (Å²) in [6, 6.07) is 25.3. The molecule has 0 aliphatic heterocycles. The molecule has 5 nitrogen and oxygen atoms in total. The Morgan fingerprint density at radius 2 is 1.65 bits per heavy atom. The molecule has 3 aromatic carbocycles. The Balaban J connectivity index is 1.66. The van der Waals surface area contributed by atoms with E-state index >= 15 is 0 Å². The summed E-state index contributed by atoms with van der Waals surface area (Å²) in [5.74, 6) is 0.845. The number of fused-ring (bicyclic) bond motifs is 1. The van der Waals surface area contributed by atoms with Crippen LogP contribution in [0.3, 0.4) is 0 Å². The van der Waals surface area contributed by atoms with Crippen molar-refractivity contribution in [3.8, 4) is 5.75 Å². The topological polar surface area (TPSA) is 62.4 Å². The summed E-state index contributed by atoms with van der Waals surface area (Å²) in [4.78, 5) is 4.64. The van der Waals surface area contributed by atoms with Crippen LogP contribution in [0.25, 0.3) is 11.0 Å². The molecule has 4 rings (SSSR count). The second kappa shape index (κ2) is 7.11. The Bertz CT molecular complexity index is 1050. The lowest BCUT2D eigenvalue weighted by atomic mass is 10.2. The number of anilines is 1. The minimum atomic E-state index is 0.191. The van der Waals surface area contributed by atoms with Gasteiger partial charge in [-0.05, 0) is 29.8 Å². The van der Waals surface area contributed by atoms with Gasteiger partial charge in [0, 0.05) is 5.56 Å². The summed E-state index contributed by atoms with van der Waals surface area (Å²) in [7, 11) is 0. The van der Waals surface area contributed by atoms with Gasteiger partial charge in [0.1, 0.15) is 5.75 Å². The summed E-state index contributed by atoms with van der Waals surface area (Å²) in [5.41, 5.74) is 6.78. The molecule has 128 valence electrons. The normalized spacial score (nSPS) is 11.2. The van der Waals surface area contributed by atoms with Crippen molar-refractivity contribution in [3.05, 3.63) is 90.0 Å². The third-order valence-corrected chi connectivity index (χ3v) is 4.14. The zero-order valence-electron chi connectivity index (χ0n) is 14.1. The zero-order chi connectivity index (χ0) is 17.8. The third kappa shape index (κ3) is 3.28. The first-order valence-corrected chi connectivity index (χ1v) is 8.37. The Kier molecular flexibility index (Phi) is 4.35. The molecule has 0 radical (unpaired) electrons. The zero-order valence-corrected chi connectivity index (χ0v) is 14.1. The number of phenols is 1. The van der Waals surface area contributed by atoms with Gasteiger partial charge in [-0.3, -0.25) is 0 Å². The second-order valence-corrected chi connectivity index (χ2v) is 5.92. The third-order valence-electron chi connectivity index (χ3n) is 4.14. The molecule has 0 bridgehead atoms. The van der Waals surface area contributed by atoms with Crippen molar-refractivity contribution in [1.29, 1.82) is 0 Å². The summed E-state index contributed by atoms with van der Waals surface area (Å²) < 4.78 is 2.09. The first kappa shape index (κ1) is 15.9. The molecule has 0 aliphatic rings. The Labute approximate surface area is 151 Å². The molecule has 0 aliphatic carbocycles. The van der Waals surface area contributed by atoms with Crippen LogP contribution in [0.1, 0.15) is 11.1 Å². The predicted octanol–water partition coefficient (Wildman–Crippen LogP) is 4.24. The SMILES string of the molecule is Oc1ccccc1C=NNc1nc2ccccc2n1Cc1ccccc1. The maximum Gasteiger partial charge on any atom is 0.225 e. The number of nitrogens with one attached hydrogen (secondary N) is 1. The van der Waals surface area contributed by atoms with E-state index in [-0.39, 0.29) is 5.75 Å². The average Bonchev–Trinajstić information content (AvgIpc) is 3.02. The minimum absolute atomic E-state index is 0.191. The fourth-order valence-corrected chi connectivity index (χ4v) is 2.84. The molecule has 0 atom stereocenters. The molecule has 0 spiro atoms. The van der Waals surface area contributed by atoms with Crippen LogP contribution < -0.4 is 5.43 Å². The largest absolute Gasteiger partial charge is 0.507 e. The van der Waals surface area contributed by atoms with Crippen LogP contribution in [0.5, 0.6) is 5.75 Å². The van der Waals surface area contributed by atoms with Crippen LogP contribution in [0.15, 0.2) is 84.0 Å². The minimum Gasteiger partial charge on any atom is -0.507 e. The molecule has 1 heterocycles. The molecule has 0 saturated heterocycles. The summed E-state index contributed by atoms with van der Waals surface area (Å²) in [6.07, 6.45) is 1.58. The highest BCUT2D eigenvalue weighted by molar-refractivity contribution is 5.84. The molecule has 0 fully saturated rings. The molecule has 5 heteroatoms. The molecule has 2 N–H and O–H groups in total. The van der Waals surface area contributed by atoms with Crippen LogP contribution in [0.2, 0.25) is 0 Å². The first-order chi connectivity index (χ1) is 12.8. The fourth-order valence-electron chi connectivity index (χ4n) is 2.84. The smallest absolute Gasteiger partial charge is 0.225 e. The van der Waals surface area contributed by atoms with Crippen LogP contribution in [0.4, 0.5) is 5.95 Å². The van der Waals surface area contributed by atoms with E-state index in [0.29, 0.717) is 18.1 Å². The van der Waals surface area contributed by atoms with Gasteiger partial charge in [0.25, 0.3) is 0 Å². The number of hydrogen-bond acceptors (Lipinski definition) is 4. The predicted molar refractivity (Wildman–Crippen MR) is 105 cm³/mol. The van der Waals surface area contributed by atoms with Crippen molar-refractivity contribution in [2.45, 2.75) is 6.54 Å². The lowest BCUT2D eigenvalue weighted by Gasteiger charge is -2.08. The molecular weight excluding hydrogens is 324 g/mol. The van der Waals surface area contributed by atoms with Crippen molar-refractivity contribution >= 4 is 23.2 Å². The van der Waals surface area contributed by atoms with E-state index in [1.54, 1.807) is 24.4 Å². The number of para-hydroxylation sites is 3. The van der Waals surface area contributed by atoms with Crippen molar-refractivity contribution in [3.63, 3.8) is 0 Å². The summed E-state index contributed by atoms with van der Waals surface area (Å²) in [6.45, 7) is 0.690. The van der Waals surface area contributed by atoms with Gasteiger partial charge in [0.05, 0.1) is 23.8 Å². The molecule has 0 saturated carbocycles. The lowest BCUT2D eigenvalue weighted by molar-refractivity contribution is 0.474. The van der Waals surface area contributed by atoms with E-state index < -0.39 is 0 Å². The quantitative estimate of drug-likeness (QED) is 0.421. The fraction of sp³-hybridized carbons (Fsp3) is 0.0476. The van der Waals surface area contributed by atoms with E-state index in [1.165, 1.54) is 5.56 Å². The number of phenolic OH excluding ortho intramolecular Hbond substituents is 1. The highest BCUT2D eigenvalue weighted by atomic mass is 16.3. The van der Waals surface area contributed by atoms with E-state index in [0.717, 1.165) is 11.0 Å². The molecule has 4 aromatic rings. The molecule has 26 heavy (non-hydrogen) atoms. The van der Waals surface area contributed by atoms with E-state index in [1.807, 2.05) is 48.5 Å². The van der Waals surface area contributed by atoms with Gasteiger partial charge in [-0.1, -0.05) is 54.6 Å². The number of aromatic hydroxyl groups is 1. The highest BCUT2D eigenvalue weighted by Crippen LogP contribution is 2.21. The van der Waals surface area contributed by atoms with Crippen molar-refractivity contribution < 1.29 is 5.11 Å². The number of aromatic nitrogens is 2. The van der Waals surface area contributed by atoms with Crippen LogP contribution in [-0.2, 0) is 6.54 Å². The van der Waals surface area contributed by atoms with Crippen LogP contribution >= 0.6 is 0 Å². The highest BCUT2D eigenvalue weighted by Gasteiger charge is 2.10. The number of hydrogen-bond donors (Lipinski definition) is 2. The van der Waals surface area contributed by atoms with E-state index in [4.69, 9.17) is 0 Å². The Morgan fingerprint density at radius 1 is 0.923 bits per heavy atom. The molecule has 0 amide bonds. The number of rotatable bonds is 5. The lowest BCUT2D eigenvalue weighted by Crippen LogP contribution is -2.05. The van der Waals surface area contributed by atoms with Gasteiger partial charge in [0.2, 0.25) is 5.95 Å². The van der Waals surface area contributed by atoms with Gasteiger partial charge in [0.15, 0.2) is 0 Å². The van der Waals surface area contributed by atoms with Crippen molar-refractivity contribution in [1.82, 2.24) is 9.55 Å². The van der Waals surface area contributed by atoms with Crippen molar-refractivity contribution in [2.24, 2.45) is 5.10 Å². The average molecular weight is 342 g/mol. The van der Waals surface area contributed by atoms with Crippen LogP contribution in [0, 0.1) is 0 Å². The standard InChI is InChI=1S/C21H18N4O/c26-20-13-7-4-10-17(20)14-22-24-21-23-18-11-5-6-12-19(18)25(21)15-16-8-2-1-3-9-16/h1-14,26H,15H2,(H,23,24). The van der Waals surface area contributed by atoms with Crippen molar-refractivity contribution in [2.75, 3.05) is 5.43 Å².